The maximum absolute atomic E-state index is 3.04. The molecule has 2 rings (SSSR count). The van der Waals surface area contributed by atoms with Crippen molar-refractivity contribution in [2.45, 2.75) is 19.4 Å². The number of rotatable bonds is 2. The smallest absolute Gasteiger partial charge is 0.00112 e. The largest absolute Gasteiger partial charge is 0.301 e. The Hall–Kier alpha value is 0.533. The van der Waals surface area contributed by atoms with Crippen LogP contribution in [0.5, 0.6) is 0 Å². The fraction of sp³-hybridized carbons (Fsp3) is 0.455. The normalized spacial score (nSPS) is 16.2. The van der Waals surface area contributed by atoms with Gasteiger partial charge in [0.25, 0.3) is 0 Å². The summed E-state index contributed by atoms with van der Waals surface area (Å²) in [4.78, 5) is 2.51. The Kier molecular flexibility index (Phi) is 7.00. The molecule has 0 unspecified atom stereocenters. The average molecular weight is 353 g/mol. The van der Waals surface area contributed by atoms with Crippen molar-refractivity contribution in [3.63, 3.8) is 0 Å². The predicted octanol–water partition coefficient (Wildman–Crippen LogP) is 2.97. The number of likely N-dealkylation sites (tertiary alicyclic amines) is 1. The molecule has 0 radical (unpaired) electrons. The zero-order valence-corrected chi connectivity index (χ0v) is 13.5. The molecular formula is C11H14INZn. The Morgan fingerprint density at radius 2 is 1.79 bits per heavy atom. The van der Waals surface area contributed by atoms with Crippen molar-refractivity contribution in [2.75, 3.05) is 13.1 Å². The molecule has 1 heterocycles. The number of benzene rings is 1. The van der Waals surface area contributed by atoms with E-state index in [9.17, 15) is 0 Å². The molecule has 0 atom stereocenters. The molecule has 0 aliphatic carbocycles. The van der Waals surface area contributed by atoms with Crippen LogP contribution in [0.4, 0.5) is 0 Å². The molecule has 1 aliphatic heterocycles. The minimum atomic E-state index is 1.12. The van der Waals surface area contributed by atoms with Crippen molar-refractivity contribution < 1.29 is 14.8 Å². The standard InChI is InChI=1S/C11H14N.HI.Zn/c1-2-6-11(7-3-1)10-12-8-4-5-9-12;;/h2-3,6-7H,4-5,8-10H2;1H;/q-1;;+2/p-1. The molecular weight excluding hydrogens is 338 g/mol. The van der Waals surface area contributed by atoms with E-state index in [1.165, 1.54) is 46.3 Å². The monoisotopic (exact) mass is 351 g/mol. The van der Waals surface area contributed by atoms with Gasteiger partial charge in [0.2, 0.25) is 0 Å². The summed E-state index contributed by atoms with van der Waals surface area (Å²) < 4.78 is 0. The summed E-state index contributed by atoms with van der Waals surface area (Å²) in [6.07, 6.45) is 2.75. The van der Waals surface area contributed by atoms with Gasteiger partial charge in [-0.05, 0) is 25.9 Å². The first-order chi connectivity index (χ1) is 6.95. The number of hydrogen-bond acceptors (Lipinski definition) is 1. The Morgan fingerprint density at radius 3 is 2.36 bits per heavy atom. The first-order valence-electron chi connectivity index (χ1n) is 4.89. The van der Waals surface area contributed by atoms with Crippen LogP contribution in [0.3, 0.4) is 0 Å². The summed E-state index contributed by atoms with van der Waals surface area (Å²) >= 11 is 3.62. The molecule has 0 saturated carbocycles. The number of nitrogens with zero attached hydrogens (tertiary/aromatic N) is 1. The summed E-state index contributed by atoms with van der Waals surface area (Å²) in [5.41, 5.74) is 1.41. The molecule has 0 aromatic heterocycles. The quantitative estimate of drug-likeness (QED) is 0.449. The van der Waals surface area contributed by atoms with Gasteiger partial charge in [0, 0.05) is 6.54 Å². The number of halogens is 1. The second kappa shape index (κ2) is 7.78. The molecule has 1 saturated heterocycles. The van der Waals surface area contributed by atoms with E-state index < -0.39 is 0 Å². The van der Waals surface area contributed by atoms with Crippen LogP contribution in [-0.4, -0.2) is 18.0 Å². The van der Waals surface area contributed by atoms with Crippen LogP contribution in [0.2, 0.25) is 0 Å². The van der Waals surface area contributed by atoms with Gasteiger partial charge in [-0.15, -0.1) is 5.56 Å². The van der Waals surface area contributed by atoms with Gasteiger partial charge in [0.15, 0.2) is 0 Å². The zero-order chi connectivity index (χ0) is 10.2. The van der Waals surface area contributed by atoms with Crippen LogP contribution in [0.25, 0.3) is 0 Å². The molecule has 14 heavy (non-hydrogen) atoms. The minimum absolute atomic E-state index is 1.12. The van der Waals surface area contributed by atoms with Gasteiger partial charge >= 0.3 is 34.5 Å². The summed E-state index contributed by atoms with van der Waals surface area (Å²) in [6, 6.07) is 11.3. The van der Waals surface area contributed by atoms with Crippen molar-refractivity contribution >= 4 is 19.8 Å². The van der Waals surface area contributed by atoms with E-state index in [1.807, 2.05) is 12.1 Å². The van der Waals surface area contributed by atoms with Gasteiger partial charge in [0.1, 0.15) is 0 Å². The fourth-order valence-corrected chi connectivity index (χ4v) is 1.73. The molecule has 1 aliphatic rings. The van der Waals surface area contributed by atoms with Gasteiger partial charge in [-0.2, -0.15) is 30.3 Å². The SMILES string of the molecule is [Zn+][I].[c-]1ccc(CN2CCCC2)cc1. The van der Waals surface area contributed by atoms with E-state index in [1.54, 1.807) is 0 Å². The molecule has 72 valence electrons. The first kappa shape index (κ1) is 12.6. The van der Waals surface area contributed by atoms with Gasteiger partial charge in [0.05, 0.1) is 0 Å². The molecule has 3 heteroatoms. The number of hydrogen-bond donors (Lipinski definition) is 0. The molecule has 1 aromatic carbocycles. The van der Waals surface area contributed by atoms with Crippen molar-refractivity contribution in [1.29, 1.82) is 0 Å². The second-order valence-electron chi connectivity index (χ2n) is 3.39. The Morgan fingerprint density at radius 1 is 1.21 bits per heavy atom. The van der Waals surface area contributed by atoms with Crippen molar-refractivity contribution in [3.05, 3.63) is 35.9 Å². The molecule has 0 amide bonds. The molecule has 1 nitrogen and oxygen atoms in total. The van der Waals surface area contributed by atoms with Crippen LogP contribution >= 0.6 is 19.8 Å². The molecule has 0 spiro atoms. The van der Waals surface area contributed by atoms with Crippen molar-refractivity contribution in [3.8, 4) is 0 Å². The van der Waals surface area contributed by atoms with E-state index in [2.05, 4.69) is 42.8 Å². The predicted molar refractivity (Wildman–Crippen MR) is 63.8 cm³/mol. The van der Waals surface area contributed by atoms with Gasteiger partial charge in [-0.3, -0.25) is 0 Å². The zero-order valence-electron chi connectivity index (χ0n) is 8.38. The van der Waals surface area contributed by atoms with E-state index >= 15 is 0 Å². The van der Waals surface area contributed by atoms with E-state index in [0.717, 1.165) is 6.54 Å². The van der Waals surface area contributed by atoms with Gasteiger partial charge < -0.3 is 4.90 Å². The second-order valence-corrected chi connectivity index (χ2v) is 3.39. The molecule has 0 N–H and O–H groups in total. The topological polar surface area (TPSA) is 3.24 Å². The fourth-order valence-electron chi connectivity index (χ4n) is 1.73. The minimum Gasteiger partial charge on any atom is -0.301 e. The average Bonchev–Trinajstić information content (AvgIpc) is 2.75. The summed E-state index contributed by atoms with van der Waals surface area (Å²) in [7, 11) is 0. The third-order valence-corrected chi connectivity index (χ3v) is 2.39. The van der Waals surface area contributed by atoms with Crippen LogP contribution in [0.1, 0.15) is 18.4 Å². The van der Waals surface area contributed by atoms with Crippen LogP contribution in [-0.2, 0) is 21.3 Å². The third kappa shape index (κ3) is 4.37. The molecule has 1 fully saturated rings. The van der Waals surface area contributed by atoms with Crippen LogP contribution in [0.15, 0.2) is 24.3 Å². The molecule has 0 bridgehead atoms. The Labute approximate surface area is 107 Å². The first-order valence-corrected chi connectivity index (χ1v) is 13.9. The maximum Gasteiger partial charge on any atom is 0.00112 e. The summed E-state index contributed by atoms with van der Waals surface area (Å²) in [6.45, 7) is 3.67. The third-order valence-electron chi connectivity index (χ3n) is 2.39. The summed E-state index contributed by atoms with van der Waals surface area (Å²) in [5.74, 6) is 0. The van der Waals surface area contributed by atoms with Crippen molar-refractivity contribution in [2.24, 2.45) is 0 Å². The van der Waals surface area contributed by atoms with E-state index in [-0.39, 0.29) is 0 Å². The van der Waals surface area contributed by atoms with Gasteiger partial charge in [-0.25, -0.2) is 0 Å². The van der Waals surface area contributed by atoms with Crippen LogP contribution < -0.4 is 0 Å². The molecule has 1 aromatic rings. The van der Waals surface area contributed by atoms with E-state index in [0.29, 0.717) is 0 Å². The Bertz CT molecular complexity index is 234. The van der Waals surface area contributed by atoms with Gasteiger partial charge in [-0.1, -0.05) is 0 Å². The summed E-state index contributed by atoms with van der Waals surface area (Å²) in [5, 5.41) is 0. The van der Waals surface area contributed by atoms with Crippen molar-refractivity contribution in [1.82, 2.24) is 4.90 Å². The maximum atomic E-state index is 3.04. The van der Waals surface area contributed by atoms with Crippen LogP contribution in [0, 0.1) is 6.07 Å². The Balaban J connectivity index is 0.000000461. The van der Waals surface area contributed by atoms with E-state index in [4.69, 9.17) is 0 Å².